The molecule has 2 N–H and O–H groups in total. The minimum Gasteiger partial charge on any atom is -0.298 e. The molecule has 2 aromatic carbocycles. The zero-order chi connectivity index (χ0) is 16.3. The highest BCUT2D eigenvalue weighted by atomic mass is 32.2. The third kappa shape index (κ3) is 4.19. The molecule has 0 aromatic heterocycles. The Bertz CT molecular complexity index is 760. The molecule has 0 radical (unpaired) electrons. The van der Waals surface area contributed by atoms with Crippen LogP contribution in [0.15, 0.2) is 54.6 Å². The van der Waals surface area contributed by atoms with Gasteiger partial charge < -0.3 is 0 Å². The molecule has 0 amide bonds. The number of sulfonamides is 1. The minimum absolute atomic E-state index is 0.0428. The van der Waals surface area contributed by atoms with E-state index < -0.39 is 10.0 Å². The Kier molecular flexibility index (Phi) is 4.80. The van der Waals surface area contributed by atoms with Crippen molar-refractivity contribution in [2.75, 3.05) is 18.8 Å². The summed E-state index contributed by atoms with van der Waals surface area (Å²) in [7, 11) is -3.38. The third-order valence-corrected chi connectivity index (χ3v) is 5.23. The average Bonchev–Trinajstić information content (AvgIpc) is 2.54. The Morgan fingerprint density at radius 2 is 1.74 bits per heavy atom. The number of primary sulfonamides is 1. The van der Waals surface area contributed by atoms with Crippen LogP contribution >= 0.6 is 0 Å². The predicted molar refractivity (Wildman–Crippen MR) is 92.6 cm³/mol. The summed E-state index contributed by atoms with van der Waals surface area (Å²) >= 11 is 0. The van der Waals surface area contributed by atoms with Gasteiger partial charge in [-0.05, 0) is 29.7 Å². The fourth-order valence-corrected chi connectivity index (χ4v) is 3.84. The first-order valence-corrected chi connectivity index (χ1v) is 9.60. The molecule has 4 nitrogen and oxygen atoms in total. The Balaban J connectivity index is 1.79. The van der Waals surface area contributed by atoms with Crippen LogP contribution in [0.1, 0.15) is 29.0 Å². The molecule has 3 rings (SSSR count). The third-order valence-electron chi connectivity index (χ3n) is 4.37. The van der Waals surface area contributed by atoms with E-state index in [1.54, 1.807) is 0 Å². The largest absolute Gasteiger partial charge is 0.298 e. The summed E-state index contributed by atoms with van der Waals surface area (Å²) in [6.45, 7) is 2.52. The molecule has 0 bridgehead atoms. The van der Waals surface area contributed by atoms with E-state index in [1.807, 2.05) is 6.07 Å². The van der Waals surface area contributed by atoms with E-state index in [0.717, 1.165) is 19.6 Å². The van der Waals surface area contributed by atoms with Crippen LogP contribution in [-0.4, -0.2) is 32.2 Å². The monoisotopic (exact) mass is 330 g/mol. The number of nitrogens with two attached hydrogens (primary N) is 1. The second-order valence-corrected chi connectivity index (χ2v) is 7.85. The topological polar surface area (TPSA) is 63.4 Å². The van der Waals surface area contributed by atoms with Crippen molar-refractivity contribution in [1.29, 1.82) is 0 Å². The van der Waals surface area contributed by atoms with Crippen LogP contribution in [0, 0.1) is 0 Å². The zero-order valence-corrected chi connectivity index (χ0v) is 13.9. The Hall–Kier alpha value is -1.69. The Labute approximate surface area is 138 Å². The number of fused-ring (bicyclic) bond motifs is 1. The standard InChI is InChI=1S/C18H22N2O2S/c19-23(21,22)12-6-11-20-13-16-9-4-5-10-17(16)18(14-20)15-7-2-1-3-8-15/h1-5,7-10,18H,6,11-14H2,(H2,19,21,22)/t18-/m1/s1. The first-order valence-electron chi connectivity index (χ1n) is 7.88. The van der Waals surface area contributed by atoms with E-state index >= 15 is 0 Å². The molecule has 0 saturated carbocycles. The molecule has 5 heteroatoms. The highest BCUT2D eigenvalue weighted by Crippen LogP contribution is 2.33. The van der Waals surface area contributed by atoms with Gasteiger partial charge >= 0.3 is 0 Å². The van der Waals surface area contributed by atoms with Crippen molar-refractivity contribution < 1.29 is 8.42 Å². The van der Waals surface area contributed by atoms with Crippen molar-refractivity contribution >= 4 is 10.0 Å². The molecule has 122 valence electrons. The molecule has 0 fully saturated rings. The van der Waals surface area contributed by atoms with Gasteiger partial charge in [0.2, 0.25) is 10.0 Å². The quantitative estimate of drug-likeness (QED) is 0.915. The molecule has 2 aromatic rings. The molecule has 0 spiro atoms. The Morgan fingerprint density at radius 1 is 1.04 bits per heavy atom. The number of benzene rings is 2. The second kappa shape index (κ2) is 6.83. The molecule has 23 heavy (non-hydrogen) atoms. The van der Waals surface area contributed by atoms with E-state index in [1.165, 1.54) is 16.7 Å². The lowest BCUT2D eigenvalue weighted by Crippen LogP contribution is -2.35. The molecule has 1 heterocycles. The average molecular weight is 330 g/mol. The molecule has 1 aliphatic rings. The number of hydrogen-bond donors (Lipinski definition) is 1. The highest BCUT2D eigenvalue weighted by Gasteiger charge is 2.25. The van der Waals surface area contributed by atoms with Gasteiger partial charge in [0.15, 0.2) is 0 Å². The van der Waals surface area contributed by atoms with Crippen LogP contribution < -0.4 is 5.14 Å². The lowest BCUT2D eigenvalue weighted by Gasteiger charge is -2.35. The zero-order valence-electron chi connectivity index (χ0n) is 13.1. The van der Waals surface area contributed by atoms with Crippen molar-refractivity contribution in [3.63, 3.8) is 0 Å². The first kappa shape index (κ1) is 16.2. The van der Waals surface area contributed by atoms with Gasteiger partial charge in [-0.1, -0.05) is 54.6 Å². The normalized spacial score (nSPS) is 18.6. The summed E-state index contributed by atoms with van der Waals surface area (Å²) in [5.41, 5.74) is 4.00. The molecule has 1 atom stereocenters. The van der Waals surface area contributed by atoms with Crippen molar-refractivity contribution in [3.05, 3.63) is 71.3 Å². The molecule has 0 aliphatic carbocycles. The maximum Gasteiger partial charge on any atom is 0.209 e. The van der Waals surface area contributed by atoms with Gasteiger partial charge in [-0.3, -0.25) is 4.90 Å². The van der Waals surface area contributed by atoms with Crippen LogP contribution in [-0.2, 0) is 16.6 Å². The lowest BCUT2D eigenvalue weighted by molar-refractivity contribution is 0.241. The second-order valence-electron chi connectivity index (χ2n) is 6.12. The van der Waals surface area contributed by atoms with Gasteiger partial charge in [0.05, 0.1) is 5.75 Å². The first-order chi connectivity index (χ1) is 11.0. The van der Waals surface area contributed by atoms with Crippen LogP contribution in [0.5, 0.6) is 0 Å². The SMILES string of the molecule is NS(=O)(=O)CCCN1Cc2ccccc2[C@@H](c2ccccc2)C1. The van der Waals surface area contributed by atoms with Crippen molar-refractivity contribution in [2.24, 2.45) is 5.14 Å². The van der Waals surface area contributed by atoms with Crippen LogP contribution in [0.2, 0.25) is 0 Å². The smallest absolute Gasteiger partial charge is 0.209 e. The van der Waals surface area contributed by atoms with Crippen LogP contribution in [0.3, 0.4) is 0 Å². The van der Waals surface area contributed by atoms with E-state index in [2.05, 4.69) is 53.4 Å². The number of rotatable bonds is 5. The number of hydrogen-bond acceptors (Lipinski definition) is 3. The van der Waals surface area contributed by atoms with E-state index in [9.17, 15) is 8.42 Å². The van der Waals surface area contributed by atoms with E-state index in [-0.39, 0.29) is 5.75 Å². The number of nitrogens with zero attached hydrogens (tertiary/aromatic N) is 1. The van der Waals surface area contributed by atoms with Gasteiger partial charge in [-0.15, -0.1) is 0 Å². The van der Waals surface area contributed by atoms with Gasteiger partial charge in [0.25, 0.3) is 0 Å². The molecular weight excluding hydrogens is 308 g/mol. The van der Waals surface area contributed by atoms with E-state index in [0.29, 0.717) is 12.3 Å². The van der Waals surface area contributed by atoms with Gasteiger partial charge in [0.1, 0.15) is 0 Å². The van der Waals surface area contributed by atoms with Crippen molar-refractivity contribution in [2.45, 2.75) is 18.9 Å². The highest BCUT2D eigenvalue weighted by molar-refractivity contribution is 7.89. The van der Waals surface area contributed by atoms with Crippen LogP contribution in [0.25, 0.3) is 0 Å². The fourth-order valence-electron chi connectivity index (χ4n) is 3.31. The summed E-state index contributed by atoms with van der Waals surface area (Å²) in [6.07, 6.45) is 0.572. The summed E-state index contributed by atoms with van der Waals surface area (Å²) < 4.78 is 22.2. The Morgan fingerprint density at radius 3 is 2.48 bits per heavy atom. The molecule has 0 unspecified atom stereocenters. The van der Waals surface area contributed by atoms with Crippen molar-refractivity contribution in [3.8, 4) is 0 Å². The van der Waals surface area contributed by atoms with Gasteiger partial charge in [0, 0.05) is 19.0 Å². The van der Waals surface area contributed by atoms with Gasteiger partial charge in [-0.2, -0.15) is 0 Å². The molecule has 1 aliphatic heterocycles. The summed E-state index contributed by atoms with van der Waals surface area (Å²) in [5.74, 6) is 0.372. The van der Waals surface area contributed by atoms with Crippen molar-refractivity contribution in [1.82, 2.24) is 4.90 Å². The summed E-state index contributed by atoms with van der Waals surface area (Å²) in [4.78, 5) is 2.32. The van der Waals surface area contributed by atoms with Gasteiger partial charge in [-0.25, -0.2) is 13.6 Å². The van der Waals surface area contributed by atoms with Crippen LogP contribution in [0.4, 0.5) is 0 Å². The van der Waals surface area contributed by atoms with E-state index in [4.69, 9.17) is 5.14 Å². The molecule has 0 saturated heterocycles. The fraction of sp³-hybridized carbons (Fsp3) is 0.333. The summed E-state index contributed by atoms with van der Waals surface area (Å²) in [6, 6.07) is 19.0. The maximum absolute atomic E-state index is 11.1. The lowest BCUT2D eigenvalue weighted by atomic mass is 9.84. The summed E-state index contributed by atoms with van der Waals surface area (Å²) in [5, 5.41) is 5.10. The maximum atomic E-state index is 11.1. The predicted octanol–water partition coefficient (Wildman–Crippen LogP) is 2.31. The minimum atomic E-state index is -3.38. The molecular formula is C18H22N2O2S.